The molecule has 1 N–H and O–H groups in total. The van der Waals surface area contributed by atoms with Gasteiger partial charge in [0.05, 0.1) is 16.9 Å². The third-order valence-electron chi connectivity index (χ3n) is 6.02. The number of nitrogens with zero attached hydrogens (tertiary/aromatic N) is 3. The Morgan fingerprint density at radius 3 is 2.61 bits per heavy atom. The molecule has 8 nitrogen and oxygen atoms in total. The predicted octanol–water partition coefficient (Wildman–Crippen LogP) is 4.79. The lowest BCUT2D eigenvalue weighted by atomic mass is 10.0. The molecule has 6 rings (SSSR count). The maximum absolute atomic E-state index is 13.1. The van der Waals surface area contributed by atoms with E-state index in [1.165, 1.54) is 21.9 Å². The highest BCUT2D eigenvalue weighted by atomic mass is 32.1. The Bertz CT molecular complexity index is 1700. The normalized spacial score (nSPS) is 13.1. The molecule has 2 aromatic heterocycles. The van der Waals surface area contributed by atoms with Crippen molar-refractivity contribution in [3.8, 4) is 0 Å². The quantitative estimate of drug-likeness (QED) is 0.339. The Kier molecular flexibility index (Phi) is 5.54. The summed E-state index contributed by atoms with van der Waals surface area (Å²) in [6.07, 6.45) is 2.16. The van der Waals surface area contributed by atoms with Crippen LogP contribution in [-0.2, 0) is 11.3 Å². The van der Waals surface area contributed by atoms with E-state index < -0.39 is 5.97 Å². The van der Waals surface area contributed by atoms with E-state index in [4.69, 9.17) is 4.74 Å². The molecule has 0 aliphatic heterocycles. The second-order valence-corrected chi connectivity index (χ2v) is 9.58. The monoisotopic (exact) mass is 496 g/mol. The van der Waals surface area contributed by atoms with Crippen LogP contribution in [0.5, 0.6) is 0 Å². The molecule has 1 aliphatic carbocycles. The van der Waals surface area contributed by atoms with Gasteiger partial charge < -0.3 is 10.1 Å². The minimum Gasteiger partial charge on any atom is -0.456 e. The zero-order valence-corrected chi connectivity index (χ0v) is 19.8. The van der Waals surface area contributed by atoms with Gasteiger partial charge in [0.1, 0.15) is 11.6 Å². The van der Waals surface area contributed by atoms with Crippen molar-refractivity contribution in [2.45, 2.75) is 25.4 Å². The fraction of sp³-hybridized carbons (Fsp3) is 0.148. The highest BCUT2D eigenvalue weighted by molar-refractivity contribution is 7.16. The van der Waals surface area contributed by atoms with Crippen molar-refractivity contribution in [3.05, 3.63) is 105 Å². The Balaban J connectivity index is 1.20. The highest BCUT2D eigenvalue weighted by Gasteiger charge is 2.28. The molecule has 3 aromatic carbocycles. The molecule has 0 saturated heterocycles. The van der Waals surface area contributed by atoms with Gasteiger partial charge in [-0.2, -0.15) is 9.61 Å². The first-order valence-corrected chi connectivity index (χ1v) is 12.3. The average Bonchev–Trinajstić information content (AvgIpc) is 3.66. The molecular formula is C27H20N4O4S. The Hall–Kier alpha value is -4.37. The van der Waals surface area contributed by atoms with E-state index in [-0.39, 0.29) is 23.6 Å². The third kappa shape index (κ3) is 4.25. The molecule has 1 saturated carbocycles. The zero-order valence-electron chi connectivity index (χ0n) is 19.0. The standard InChI is InChI=1S/C27H20N4O4S/c32-23-14-18(28-27-31(23)30-25(36-27)17-12-13-17)15-35-26(34)21-9-3-4-11-22(21)29-24(33)20-10-5-7-16-6-1-2-8-19(16)20/h1-11,14,17H,12-13,15H2,(H,29,33). The lowest BCUT2D eigenvalue weighted by Gasteiger charge is -2.12. The number of fused-ring (bicyclic) bond motifs is 2. The molecule has 1 amide bonds. The highest BCUT2D eigenvalue weighted by Crippen LogP contribution is 2.41. The molecule has 2 heterocycles. The smallest absolute Gasteiger partial charge is 0.340 e. The Morgan fingerprint density at radius 1 is 1.00 bits per heavy atom. The van der Waals surface area contributed by atoms with Crippen LogP contribution in [0.3, 0.4) is 0 Å². The number of anilines is 1. The largest absolute Gasteiger partial charge is 0.456 e. The molecule has 0 bridgehead atoms. The van der Waals surface area contributed by atoms with E-state index in [0.29, 0.717) is 27.8 Å². The number of hydrogen-bond acceptors (Lipinski definition) is 7. The molecule has 0 spiro atoms. The predicted molar refractivity (Wildman–Crippen MR) is 137 cm³/mol. The summed E-state index contributed by atoms with van der Waals surface area (Å²) in [5.41, 5.74) is 1.08. The van der Waals surface area contributed by atoms with Crippen LogP contribution in [-0.4, -0.2) is 26.5 Å². The van der Waals surface area contributed by atoms with Gasteiger partial charge in [0.15, 0.2) is 0 Å². The minimum absolute atomic E-state index is 0.174. The van der Waals surface area contributed by atoms with Crippen LogP contribution in [0.4, 0.5) is 5.69 Å². The second kappa shape index (κ2) is 9.01. The van der Waals surface area contributed by atoms with E-state index >= 15 is 0 Å². The summed E-state index contributed by atoms with van der Waals surface area (Å²) >= 11 is 1.39. The zero-order chi connectivity index (χ0) is 24.6. The fourth-order valence-corrected chi connectivity index (χ4v) is 5.13. The first-order chi connectivity index (χ1) is 17.6. The first-order valence-electron chi connectivity index (χ1n) is 11.5. The molecule has 1 aliphatic rings. The molecule has 1 fully saturated rings. The van der Waals surface area contributed by atoms with Crippen molar-refractivity contribution in [2.24, 2.45) is 0 Å². The number of nitrogens with one attached hydrogen (secondary N) is 1. The van der Waals surface area contributed by atoms with Gasteiger partial charge in [0.25, 0.3) is 11.5 Å². The SMILES string of the molecule is O=C(OCc1cc(=O)n2nc(C3CC3)sc2n1)c1ccccc1NC(=O)c1cccc2ccccc12. The topological polar surface area (TPSA) is 103 Å². The first kappa shape index (κ1) is 22.1. The number of esters is 1. The van der Waals surface area contributed by atoms with E-state index in [1.807, 2.05) is 36.4 Å². The maximum atomic E-state index is 13.1. The summed E-state index contributed by atoms with van der Waals surface area (Å²) in [4.78, 5) is 43.4. The van der Waals surface area contributed by atoms with Gasteiger partial charge >= 0.3 is 5.97 Å². The van der Waals surface area contributed by atoms with E-state index in [1.54, 1.807) is 30.3 Å². The van der Waals surface area contributed by atoms with Crippen molar-refractivity contribution in [3.63, 3.8) is 0 Å². The fourth-order valence-electron chi connectivity index (χ4n) is 4.04. The lowest BCUT2D eigenvalue weighted by molar-refractivity contribution is 0.0469. The molecule has 178 valence electrons. The molecular weight excluding hydrogens is 476 g/mol. The minimum atomic E-state index is -0.631. The maximum Gasteiger partial charge on any atom is 0.340 e. The molecule has 0 atom stereocenters. The molecule has 36 heavy (non-hydrogen) atoms. The summed E-state index contributed by atoms with van der Waals surface area (Å²) < 4.78 is 6.76. The summed E-state index contributed by atoms with van der Waals surface area (Å²) in [5.74, 6) is -0.546. The summed E-state index contributed by atoms with van der Waals surface area (Å²) in [7, 11) is 0. The van der Waals surface area contributed by atoms with Gasteiger partial charge in [-0.3, -0.25) is 9.59 Å². The number of para-hydroxylation sites is 1. The third-order valence-corrected chi connectivity index (χ3v) is 7.09. The van der Waals surface area contributed by atoms with Crippen LogP contribution < -0.4 is 10.9 Å². The Labute approximate surface area is 209 Å². The van der Waals surface area contributed by atoms with Gasteiger partial charge in [-0.1, -0.05) is 59.9 Å². The molecule has 0 unspecified atom stereocenters. The van der Waals surface area contributed by atoms with E-state index in [9.17, 15) is 14.4 Å². The number of amides is 1. The molecule has 9 heteroatoms. The van der Waals surface area contributed by atoms with Gasteiger partial charge in [-0.05, 0) is 41.8 Å². The number of hydrogen-bond donors (Lipinski definition) is 1. The molecule has 0 radical (unpaired) electrons. The van der Waals surface area contributed by atoms with Gasteiger partial charge in [-0.25, -0.2) is 9.78 Å². The van der Waals surface area contributed by atoms with Crippen LogP contribution in [0, 0.1) is 0 Å². The van der Waals surface area contributed by atoms with Crippen molar-refractivity contribution in [1.29, 1.82) is 0 Å². The van der Waals surface area contributed by atoms with E-state index in [0.717, 1.165) is 28.6 Å². The second-order valence-electron chi connectivity index (χ2n) is 8.60. The number of carbonyl (C=O) groups excluding carboxylic acids is 2. The van der Waals surface area contributed by atoms with Gasteiger partial charge in [0, 0.05) is 17.5 Å². The Morgan fingerprint density at radius 2 is 1.75 bits per heavy atom. The summed E-state index contributed by atoms with van der Waals surface area (Å²) in [6, 6.07) is 21.1. The van der Waals surface area contributed by atoms with Crippen LogP contribution in [0.25, 0.3) is 15.7 Å². The van der Waals surface area contributed by atoms with Crippen molar-refractivity contribution in [1.82, 2.24) is 14.6 Å². The van der Waals surface area contributed by atoms with Crippen molar-refractivity contribution >= 4 is 44.6 Å². The molecule has 5 aromatic rings. The van der Waals surface area contributed by atoms with Gasteiger partial charge in [-0.15, -0.1) is 0 Å². The van der Waals surface area contributed by atoms with E-state index in [2.05, 4.69) is 15.4 Å². The number of carbonyl (C=O) groups is 2. The van der Waals surface area contributed by atoms with Crippen LogP contribution in [0.15, 0.2) is 77.6 Å². The lowest BCUT2D eigenvalue weighted by Crippen LogP contribution is -2.18. The van der Waals surface area contributed by atoms with Crippen LogP contribution in [0.2, 0.25) is 0 Å². The van der Waals surface area contributed by atoms with Crippen molar-refractivity contribution in [2.75, 3.05) is 5.32 Å². The number of ether oxygens (including phenoxy) is 1. The summed E-state index contributed by atoms with van der Waals surface area (Å²) in [5, 5.41) is 9.86. The summed E-state index contributed by atoms with van der Waals surface area (Å²) in [6.45, 7) is -0.174. The number of aromatic nitrogens is 3. The number of benzene rings is 3. The van der Waals surface area contributed by atoms with Crippen LogP contribution >= 0.6 is 11.3 Å². The van der Waals surface area contributed by atoms with Crippen LogP contribution in [0.1, 0.15) is 50.2 Å². The average molecular weight is 497 g/mol. The van der Waals surface area contributed by atoms with Gasteiger partial charge in [0.2, 0.25) is 4.96 Å². The number of rotatable bonds is 6. The van der Waals surface area contributed by atoms with Crippen molar-refractivity contribution < 1.29 is 14.3 Å².